The highest BCUT2D eigenvalue weighted by Crippen LogP contribution is 2.23. The molecule has 4 aromatic rings. The molecule has 0 atom stereocenters. The van der Waals surface area contributed by atoms with E-state index in [0.29, 0.717) is 30.0 Å². The Bertz CT molecular complexity index is 1180. The third-order valence-corrected chi connectivity index (χ3v) is 5.10. The Morgan fingerprint density at radius 1 is 0.839 bits per heavy atom. The number of nitrogens with zero attached hydrogens (tertiary/aromatic N) is 3. The summed E-state index contributed by atoms with van der Waals surface area (Å²) in [5.74, 6) is 0.241. The van der Waals surface area contributed by atoms with Gasteiger partial charge < -0.3 is 10.6 Å². The van der Waals surface area contributed by atoms with Gasteiger partial charge in [0, 0.05) is 18.1 Å². The number of hydrogen-bond donors (Lipinski definition) is 2. The lowest BCUT2D eigenvalue weighted by Gasteiger charge is -2.08. The molecule has 8 heteroatoms. The largest absolute Gasteiger partial charge is 0.350 e. The Kier molecular flexibility index (Phi) is 6.50. The van der Waals surface area contributed by atoms with Gasteiger partial charge in [-0.3, -0.25) is 4.79 Å². The zero-order valence-electron chi connectivity index (χ0n) is 16.4. The van der Waals surface area contributed by atoms with Crippen LogP contribution in [0, 0.1) is 0 Å². The Labute approximate surface area is 189 Å². The molecule has 0 bridgehead atoms. The predicted molar refractivity (Wildman–Crippen MR) is 124 cm³/mol. The summed E-state index contributed by atoms with van der Waals surface area (Å²) in [5.41, 5.74) is 2.41. The lowest BCUT2D eigenvalue weighted by molar-refractivity contribution is 0.0948. The minimum atomic E-state index is -0.405. The SMILES string of the molecule is O=C(c1ccc(Cl)cc1Cl)n1nc(NCc2ccccc2)nc1NCc1ccccc1. The first-order valence-electron chi connectivity index (χ1n) is 9.62. The molecule has 0 spiro atoms. The first-order chi connectivity index (χ1) is 15.1. The van der Waals surface area contributed by atoms with Crippen molar-refractivity contribution in [3.8, 4) is 0 Å². The monoisotopic (exact) mass is 451 g/mol. The van der Waals surface area contributed by atoms with Crippen molar-refractivity contribution in [3.63, 3.8) is 0 Å². The van der Waals surface area contributed by atoms with Gasteiger partial charge in [-0.05, 0) is 29.3 Å². The van der Waals surface area contributed by atoms with E-state index in [2.05, 4.69) is 20.7 Å². The molecule has 0 amide bonds. The van der Waals surface area contributed by atoms with Gasteiger partial charge in [0.15, 0.2) is 0 Å². The molecule has 2 N–H and O–H groups in total. The molecule has 0 aliphatic carbocycles. The summed E-state index contributed by atoms with van der Waals surface area (Å²) < 4.78 is 1.21. The van der Waals surface area contributed by atoms with Gasteiger partial charge in [-0.25, -0.2) is 0 Å². The van der Waals surface area contributed by atoms with Gasteiger partial charge >= 0.3 is 0 Å². The Morgan fingerprint density at radius 2 is 1.45 bits per heavy atom. The molecule has 0 saturated heterocycles. The van der Waals surface area contributed by atoms with E-state index < -0.39 is 5.91 Å². The van der Waals surface area contributed by atoms with Crippen LogP contribution in [0.25, 0.3) is 0 Å². The number of hydrogen-bond acceptors (Lipinski definition) is 5. The van der Waals surface area contributed by atoms with Crippen LogP contribution in [-0.2, 0) is 13.1 Å². The molecule has 0 fully saturated rings. The highest BCUT2D eigenvalue weighted by atomic mass is 35.5. The van der Waals surface area contributed by atoms with E-state index in [4.69, 9.17) is 23.2 Å². The summed E-state index contributed by atoms with van der Waals surface area (Å²) in [6.45, 7) is 1.01. The molecule has 0 aliphatic heterocycles. The van der Waals surface area contributed by atoms with Gasteiger partial charge in [-0.15, -0.1) is 5.10 Å². The van der Waals surface area contributed by atoms with Gasteiger partial charge in [0.05, 0.1) is 10.6 Å². The highest BCUT2D eigenvalue weighted by molar-refractivity contribution is 6.36. The number of carbonyl (C=O) groups is 1. The fourth-order valence-corrected chi connectivity index (χ4v) is 3.46. The second kappa shape index (κ2) is 9.64. The molecular formula is C23H19Cl2N5O. The molecule has 0 unspecified atom stereocenters. The number of benzene rings is 3. The number of rotatable bonds is 7. The van der Waals surface area contributed by atoms with Crippen LogP contribution in [0.3, 0.4) is 0 Å². The average Bonchev–Trinajstić information content (AvgIpc) is 3.20. The number of nitrogens with one attached hydrogen (secondary N) is 2. The number of carbonyl (C=O) groups excluding carboxylic acids is 1. The third kappa shape index (κ3) is 5.23. The maximum Gasteiger partial charge on any atom is 0.282 e. The summed E-state index contributed by atoms with van der Waals surface area (Å²) in [5, 5.41) is 11.4. The van der Waals surface area contributed by atoms with Crippen LogP contribution in [0.15, 0.2) is 78.9 Å². The predicted octanol–water partition coefficient (Wildman–Crippen LogP) is 5.50. The Balaban J connectivity index is 1.60. The third-order valence-electron chi connectivity index (χ3n) is 4.55. The van der Waals surface area contributed by atoms with Gasteiger partial charge in [-0.2, -0.15) is 9.67 Å². The van der Waals surface area contributed by atoms with E-state index in [0.717, 1.165) is 11.1 Å². The first-order valence-corrected chi connectivity index (χ1v) is 10.4. The maximum atomic E-state index is 13.2. The molecule has 156 valence electrons. The lowest BCUT2D eigenvalue weighted by atomic mass is 10.2. The van der Waals surface area contributed by atoms with Crippen LogP contribution in [0.5, 0.6) is 0 Å². The van der Waals surface area contributed by atoms with Crippen LogP contribution < -0.4 is 10.6 Å². The van der Waals surface area contributed by atoms with E-state index >= 15 is 0 Å². The van der Waals surface area contributed by atoms with E-state index in [1.165, 1.54) is 10.7 Å². The van der Waals surface area contributed by atoms with Crippen LogP contribution >= 0.6 is 23.2 Å². The molecule has 0 saturated carbocycles. The van der Waals surface area contributed by atoms with Crippen LogP contribution in [0.4, 0.5) is 11.9 Å². The summed E-state index contributed by atoms with van der Waals surface area (Å²) in [4.78, 5) is 17.6. The smallest absolute Gasteiger partial charge is 0.282 e. The van der Waals surface area contributed by atoms with Crippen molar-refractivity contribution >= 4 is 41.0 Å². The molecule has 1 heterocycles. The zero-order chi connectivity index (χ0) is 21.6. The standard InChI is InChI=1S/C23H19Cl2N5O/c24-18-11-12-19(20(25)13-18)21(31)30-23(27-15-17-9-5-2-6-10-17)28-22(29-30)26-14-16-7-3-1-4-8-16/h1-13H,14-15H2,(H2,26,27,28,29). The molecule has 0 radical (unpaired) electrons. The molecule has 6 nitrogen and oxygen atoms in total. The summed E-state index contributed by atoms with van der Waals surface area (Å²) in [6, 6.07) is 24.4. The van der Waals surface area contributed by atoms with Gasteiger partial charge in [0.1, 0.15) is 0 Å². The second-order valence-electron chi connectivity index (χ2n) is 6.78. The Morgan fingerprint density at radius 3 is 2.06 bits per heavy atom. The normalized spacial score (nSPS) is 10.6. The maximum absolute atomic E-state index is 13.2. The van der Waals surface area contributed by atoms with Crippen molar-refractivity contribution in [2.75, 3.05) is 10.6 Å². The fourth-order valence-electron chi connectivity index (χ4n) is 2.97. The summed E-state index contributed by atoms with van der Waals surface area (Å²) in [7, 11) is 0. The quantitative estimate of drug-likeness (QED) is 0.388. The molecule has 0 aliphatic rings. The average molecular weight is 452 g/mol. The molecule has 31 heavy (non-hydrogen) atoms. The molecule has 3 aromatic carbocycles. The van der Waals surface area contributed by atoms with Crippen molar-refractivity contribution in [1.82, 2.24) is 14.8 Å². The lowest BCUT2D eigenvalue weighted by Crippen LogP contribution is -2.18. The second-order valence-corrected chi connectivity index (χ2v) is 7.62. The van der Waals surface area contributed by atoms with Crippen LogP contribution in [0.1, 0.15) is 21.5 Å². The van der Waals surface area contributed by atoms with Gasteiger partial charge in [0.2, 0.25) is 11.9 Å². The molecule has 4 rings (SSSR count). The van der Waals surface area contributed by atoms with Crippen LogP contribution in [0.2, 0.25) is 10.0 Å². The fraction of sp³-hybridized carbons (Fsp3) is 0.0870. The first kappa shape index (κ1) is 20.9. The van der Waals surface area contributed by atoms with Crippen LogP contribution in [-0.4, -0.2) is 20.7 Å². The van der Waals surface area contributed by atoms with E-state index in [1.807, 2.05) is 60.7 Å². The molecular weight excluding hydrogens is 433 g/mol. The summed E-state index contributed by atoms with van der Waals surface area (Å²) in [6.07, 6.45) is 0. The van der Waals surface area contributed by atoms with E-state index in [9.17, 15) is 4.79 Å². The number of halogens is 2. The molecule has 1 aromatic heterocycles. The van der Waals surface area contributed by atoms with E-state index in [-0.39, 0.29) is 10.6 Å². The van der Waals surface area contributed by atoms with Gasteiger partial charge in [-0.1, -0.05) is 83.9 Å². The number of anilines is 2. The van der Waals surface area contributed by atoms with Gasteiger partial charge in [0.25, 0.3) is 5.91 Å². The van der Waals surface area contributed by atoms with Crippen molar-refractivity contribution in [2.24, 2.45) is 0 Å². The van der Waals surface area contributed by atoms with Crippen molar-refractivity contribution in [2.45, 2.75) is 13.1 Å². The number of aromatic nitrogens is 3. The zero-order valence-corrected chi connectivity index (χ0v) is 17.9. The topological polar surface area (TPSA) is 71.8 Å². The highest BCUT2D eigenvalue weighted by Gasteiger charge is 2.20. The van der Waals surface area contributed by atoms with Crippen molar-refractivity contribution < 1.29 is 4.79 Å². The minimum Gasteiger partial charge on any atom is -0.350 e. The summed E-state index contributed by atoms with van der Waals surface area (Å²) >= 11 is 12.2. The minimum absolute atomic E-state index is 0.251. The van der Waals surface area contributed by atoms with Crippen molar-refractivity contribution in [3.05, 3.63) is 106 Å². The van der Waals surface area contributed by atoms with E-state index in [1.54, 1.807) is 12.1 Å². The Hall–Kier alpha value is -3.35. The van der Waals surface area contributed by atoms with Crippen molar-refractivity contribution in [1.29, 1.82) is 0 Å².